The van der Waals surface area contributed by atoms with Crippen LogP contribution in [0.4, 0.5) is 0 Å². The Bertz CT molecular complexity index is 671. The van der Waals surface area contributed by atoms with Crippen molar-refractivity contribution in [2.24, 2.45) is 5.92 Å². The number of methoxy groups -OCH3 is 1. The zero-order valence-electron chi connectivity index (χ0n) is 12.0. The summed E-state index contributed by atoms with van der Waals surface area (Å²) < 4.78 is 6.24. The molecule has 0 spiro atoms. The summed E-state index contributed by atoms with van der Waals surface area (Å²) in [6, 6.07) is 12.0. The molecule has 1 atom stereocenters. The minimum Gasteiger partial charge on any atom is -0.384 e. The summed E-state index contributed by atoms with van der Waals surface area (Å²) in [7, 11) is 1.71. The van der Waals surface area contributed by atoms with Gasteiger partial charge >= 0.3 is 0 Å². The summed E-state index contributed by atoms with van der Waals surface area (Å²) in [6.07, 6.45) is 1.03. The molecule has 1 unspecified atom stereocenters. The van der Waals surface area contributed by atoms with Crippen molar-refractivity contribution in [3.8, 4) is 0 Å². The van der Waals surface area contributed by atoms with Crippen LogP contribution in [0.15, 0.2) is 40.9 Å². The van der Waals surface area contributed by atoms with Gasteiger partial charge < -0.3 is 9.64 Å². The minimum absolute atomic E-state index is 0.124. The van der Waals surface area contributed by atoms with E-state index in [4.69, 9.17) is 4.74 Å². The van der Waals surface area contributed by atoms with Crippen molar-refractivity contribution in [3.63, 3.8) is 0 Å². The molecular formula is C17H18BrNO2. The lowest BCUT2D eigenvalue weighted by Crippen LogP contribution is -2.29. The number of benzene rings is 2. The van der Waals surface area contributed by atoms with Crippen LogP contribution in [0, 0.1) is 5.92 Å². The van der Waals surface area contributed by atoms with Gasteiger partial charge in [0.1, 0.15) is 0 Å². The number of carbonyl (C=O) groups excluding carboxylic acids is 1. The van der Waals surface area contributed by atoms with Crippen LogP contribution < -0.4 is 0 Å². The molecule has 0 radical (unpaired) electrons. The van der Waals surface area contributed by atoms with E-state index in [2.05, 4.69) is 22.0 Å². The van der Waals surface area contributed by atoms with Crippen molar-refractivity contribution in [2.45, 2.75) is 6.42 Å². The summed E-state index contributed by atoms with van der Waals surface area (Å²) in [6.45, 7) is 2.35. The third-order valence-corrected chi connectivity index (χ3v) is 4.52. The van der Waals surface area contributed by atoms with Gasteiger partial charge in [-0.15, -0.1) is 0 Å². The molecular weight excluding hydrogens is 330 g/mol. The highest BCUT2D eigenvalue weighted by Crippen LogP contribution is 2.23. The molecule has 1 aliphatic heterocycles. The maximum atomic E-state index is 12.6. The van der Waals surface area contributed by atoms with Gasteiger partial charge in [0.2, 0.25) is 0 Å². The number of amides is 1. The van der Waals surface area contributed by atoms with Crippen LogP contribution >= 0.6 is 15.9 Å². The first-order valence-corrected chi connectivity index (χ1v) is 7.94. The number of ether oxygens (including phenoxy) is 1. The van der Waals surface area contributed by atoms with E-state index in [1.807, 2.05) is 35.2 Å². The van der Waals surface area contributed by atoms with Gasteiger partial charge in [0.05, 0.1) is 6.61 Å². The summed E-state index contributed by atoms with van der Waals surface area (Å²) in [5.74, 6) is 0.591. The fraction of sp³-hybridized carbons (Fsp3) is 0.353. The first-order valence-electron chi connectivity index (χ1n) is 7.15. The van der Waals surface area contributed by atoms with Crippen LogP contribution in [0.2, 0.25) is 0 Å². The standard InChI is InChI=1S/C17H18BrNO2/c1-21-11-12-6-7-19(10-12)17(20)15-3-2-14-9-16(18)5-4-13(14)8-15/h2-5,8-9,12H,6-7,10-11H2,1H3. The second-order valence-electron chi connectivity index (χ2n) is 5.57. The molecule has 21 heavy (non-hydrogen) atoms. The molecule has 2 aromatic rings. The first kappa shape index (κ1) is 14.5. The summed E-state index contributed by atoms with van der Waals surface area (Å²) >= 11 is 3.47. The van der Waals surface area contributed by atoms with E-state index in [1.54, 1.807) is 7.11 Å². The van der Waals surface area contributed by atoms with Crippen molar-refractivity contribution in [2.75, 3.05) is 26.8 Å². The molecule has 0 N–H and O–H groups in total. The summed E-state index contributed by atoms with van der Waals surface area (Å²) in [4.78, 5) is 14.5. The Kier molecular flexibility index (Phi) is 4.27. The lowest BCUT2D eigenvalue weighted by Gasteiger charge is -2.17. The highest BCUT2D eigenvalue weighted by Gasteiger charge is 2.26. The molecule has 3 rings (SSSR count). The Morgan fingerprint density at radius 1 is 1.29 bits per heavy atom. The van der Waals surface area contributed by atoms with Gasteiger partial charge in [0.25, 0.3) is 5.91 Å². The van der Waals surface area contributed by atoms with Crippen LogP contribution in [-0.2, 0) is 4.74 Å². The van der Waals surface area contributed by atoms with Gasteiger partial charge in [-0.1, -0.05) is 28.1 Å². The Balaban J connectivity index is 1.80. The third kappa shape index (κ3) is 3.11. The molecule has 1 saturated heterocycles. The van der Waals surface area contributed by atoms with Crippen LogP contribution in [0.5, 0.6) is 0 Å². The number of likely N-dealkylation sites (tertiary alicyclic amines) is 1. The lowest BCUT2D eigenvalue weighted by molar-refractivity contribution is 0.0775. The molecule has 1 heterocycles. The van der Waals surface area contributed by atoms with Gasteiger partial charge in [0.15, 0.2) is 0 Å². The molecule has 0 aromatic heterocycles. The fourth-order valence-electron chi connectivity index (χ4n) is 2.92. The quantitative estimate of drug-likeness (QED) is 0.846. The third-order valence-electron chi connectivity index (χ3n) is 4.02. The first-order chi connectivity index (χ1) is 10.2. The van der Waals surface area contributed by atoms with Crippen LogP contribution in [-0.4, -0.2) is 37.6 Å². The Labute approximate surface area is 133 Å². The highest BCUT2D eigenvalue weighted by atomic mass is 79.9. The molecule has 0 bridgehead atoms. The average Bonchev–Trinajstić information content (AvgIpc) is 2.95. The highest BCUT2D eigenvalue weighted by molar-refractivity contribution is 9.10. The van der Waals surface area contributed by atoms with Crippen LogP contribution in [0.1, 0.15) is 16.8 Å². The van der Waals surface area contributed by atoms with E-state index in [1.165, 1.54) is 0 Å². The molecule has 110 valence electrons. The fourth-order valence-corrected chi connectivity index (χ4v) is 3.30. The predicted octanol–water partition coefficient (Wildman–Crippen LogP) is 3.71. The molecule has 4 heteroatoms. The largest absolute Gasteiger partial charge is 0.384 e. The van der Waals surface area contributed by atoms with E-state index in [0.29, 0.717) is 5.92 Å². The molecule has 0 aliphatic carbocycles. The molecule has 1 fully saturated rings. The maximum Gasteiger partial charge on any atom is 0.253 e. The zero-order valence-corrected chi connectivity index (χ0v) is 13.6. The Morgan fingerprint density at radius 2 is 2.05 bits per heavy atom. The van der Waals surface area contributed by atoms with Crippen molar-refractivity contribution in [1.82, 2.24) is 4.90 Å². The zero-order chi connectivity index (χ0) is 14.8. The van der Waals surface area contributed by atoms with Gasteiger partial charge in [-0.2, -0.15) is 0 Å². The minimum atomic E-state index is 0.124. The van der Waals surface area contributed by atoms with E-state index < -0.39 is 0 Å². The summed E-state index contributed by atoms with van der Waals surface area (Å²) in [5, 5.41) is 2.23. The second-order valence-corrected chi connectivity index (χ2v) is 6.48. The maximum absolute atomic E-state index is 12.6. The number of rotatable bonds is 3. The number of carbonyl (C=O) groups is 1. The summed E-state index contributed by atoms with van der Waals surface area (Å²) in [5.41, 5.74) is 0.767. The van der Waals surface area contributed by atoms with E-state index in [0.717, 1.165) is 46.9 Å². The molecule has 1 aliphatic rings. The van der Waals surface area contributed by atoms with Gasteiger partial charge in [-0.05, 0) is 41.5 Å². The number of hydrogen-bond acceptors (Lipinski definition) is 2. The van der Waals surface area contributed by atoms with Crippen LogP contribution in [0.25, 0.3) is 10.8 Å². The number of fused-ring (bicyclic) bond motifs is 1. The van der Waals surface area contributed by atoms with E-state index in [-0.39, 0.29) is 5.91 Å². The van der Waals surface area contributed by atoms with Crippen molar-refractivity contribution in [3.05, 3.63) is 46.4 Å². The molecule has 1 amide bonds. The average molecular weight is 348 g/mol. The molecule has 2 aromatic carbocycles. The van der Waals surface area contributed by atoms with Gasteiger partial charge in [0, 0.05) is 36.2 Å². The molecule has 3 nitrogen and oxygen atoms in total. The van der Waals surface area contributed by atoms with Crippen LogP contribution in [0.3, 0.4) is 0 Å². The van der Waals surface area contributed by atoms with Gasteiger partial charge in [-0.3, -0.25) is 4.79 Å². The van der Waals surface area contributed by atoms with E-state index >= 15 is 0 Å². The second kappa shape index (κ2) is 6.16. The predicted molar refractivity (Wildman–Crippen MR) is 87.5 cm³/mol. The topological polar surface area (TPSA) is 29.5 Å². The Hall–Kier alpha value is -1.39. The normalized spacial score (nSPS) is 18.4. The lowest BCUT2D eigenvalue weighted by atomic mass is 10.1. The number of hydrogen-bond donors (Lipinski definition) is 0. The van der Waals surface area contributed by atoms with E-state index in [9.17, 15) is 4.79 Å². The SMILES string of the molecule is COCC1CCN(C(=O)c2ccc3cc(Br)ccc3c2)C1. The van der Waals surface area contributed by atoms with Crippen molar-refractivity contribution < 1.29 is 9.53 Å². The van der Waals surface area contributed by atoms with Crippen molar-refractivity contribution in [1.29, 1.82) is 0 Å². The van der Waals surface area contributed by atoms with Gasteiger partial charge in [-0.25, -0.2) is 0 Å². The number of nitrogens with zero attached hydrogens (tertiary/aromatic N) is 1. The van der Waals surface area contributed by atoms with Crippen molar-refractivity contribution >= 4 is 32.6 Å². The monoisotopic (exact) mass is 347 g/mol. The number of halogens is 1. The Morgan fingerprint density at radius 3 is 2.86 bits per heavy atom. The smallest absolute Gasteiger partial charge is 0.253 e. The molecule has 0 saturated carbocycles.